The Bertz CT molecular complexity index is 610. The van der Waals surface area contributed by atoms with E-state index >= 15 is 0 Å². The number of nitro groups is 1. The summed E-state index contributed by atoms with van der Waals surface area (Å²) in [6, 6.07) is 11.9. The number of ether oxygens (including phenoxy) is 1. The van der Waals surface area contributed by atoms with Gasteiger partial charge < -0.3 is 10.1 Å². The van der Waals surface area contributed by atoms with E-state index in [0.29, 0.717) is 11.5 Å². The van der Waals surface area contributed by atoms with Crippen LogP contribution < -0.4 is 10.1 Å². The van der Waals surface area contributed by atoms with Gasteiger partial charge in [0.05, 0.1) is 22.4 Å². The number of fused-ring (bicyclic) bond motifs is 2. The average Bonchev–Trinajstić information content (AvgIpc) is 2.35. The Hall–Kier alpha value is -2.56. The molecular weight excluding hydrogens is 220 g/mol. The Morgan fingerprint density at radius 2 is 1.82 bits per heavy atom. The predicted octanol–water partition coefficient (Wildman–Crippen LogP) is 3.44. The van der Waals surface area contributed by atoms with Crippen LogP contribution in [0.2, 0.25) is 0 Å². The van der Waals surface area contributed by atoms with Crippen LogP contribution in [-0.4, -0.2) is 4.92 Å². The summed E-state index contributed by atoms with van der Waals surface area (Å²) < 4.78 is 5.60. The lowest BCUT2D eigenvalue weighted by Crippen LogP contribution is -2.02. The standard InChI is InChI=1S/C12H8N2O3/c15-14(16)8-5-6-10-12(7-8)17-11-4-2-1-3-9(11)13-10/h1-7,13H. The van der Waals surface area contributed by atoms with Gasteiger partial charge in [-0.3, -0.25) is 10.1 Å². The number of nitrogens with one attached hydrogen (secondary N) is 1. The fourth-order valence-corrected chi connectivity index (χ4v) is 1.73. The molecule has 0 radical (unpaired) electrons. The molecule has 0 spiro atoms. The van der Waals surface area contributed by atoms with Crippen molar-refractivity contribution in [2.75, 3.05) is 5.32 Å². The monoisotopic (exact) mass is 228 g/mol. The Kier molecular flexibility index (Phi) is 1.98. The van der Waals surface area contributed by atoms with Crippen LogP contribution in [0.4, 0.5) is 17.1 Å². The van der Waals surface area contributed by atoms with Gasteiger partial charge >= 0.3 is 0 Å². The van der Waals surface area contributed by atoms with E-state index < -0.39 is 4.92 Å². The van der Waals surface area contributed by atoms with Gasteiger partial charge in [0.2, 0.25) is 0 Å². The molecule has 1 N–H and O–H groups in total. The molecule has 2 aromatic rings. The molecular formula is C12H8N2O3. The summed E-state index contributed by atoms with van der Waals surface area (Å²) in [4.78, 5) is 10.2. The van der Waals surface area contributed by atoms with Crippen LogP contribution in [0.3, 0.4) is 0 Å². The molecule has 5 nitrogen and oxygen atoms in total. The molecule has 17 heavy (non-hydrogen) atoms. The first-order valence-corrected chi connectivity index (χ1v) is 5.06. The number of non-ortho nitro benzene ring substituents is 1. The Morgan fingerprint density at radius 1 is 1.06 bits per heavy atom. The maximum absolute atomic E-state index is 10.7. The van der Waals surface area contributed by atoms with Crippen molar-refractivity contribution in [1.82, 2.24) is 0 Å². The fourth-order valence-electron chi connectivity index (χ4n) is 1.73. The van der Waals surface area contributed by atoms with Crippen molar-refractivity contribution in [3.63, 3.8) is 0 Å². The normalized spacial score (nSPS) is 11.8. The van der Waals surface area contributed by atoms with E-state index in [0.717, 1.165) is 11.4 Å². The third-order valence-electron chi connectivity index (χ3n) is 2.55. The number of para-hydroxylation sites is 2. The predicted molar refractivity (Wildman–Crippen MR) is 62.9 cm³/mol. The van der Waals surface area contributed by atoms with Gasteiger partial charge in [0, 0.05) is 6.07 Å². The van der Waals surface area contributed by atoms with Gasteiger partial charge in [-0.25, -0.2) is 0 Å². The summed E-state index contributed by atoms with van der Waals surface area (Å²) in [7, 11) is 0. The molecule has 0 aliphatic carbocycles. The molecule has 0 bridgehead atoms. The summed E-state index contributed by atoms with van der Waals surface area (Å²) in [6.07, 6.45) is 0. The summed E-state index contributed by atoms with van der Waals surface area (Å²) in [5.41, 5.74) is 1.60. The Balaban J connectivity index is 2.06. The van der Waals surface area contributed by atoms with E-state index in [1.165, 1.54) is 12.1 Å². The second-order valence-corrected chi connectivity index (χ2v) is 3.66. The molecule has 0 fully saturated rings. The largest absolute Gasteiger partial charge is 0.453 e. The summed E-state index contributed by atoms with van der Waals surface area (Å²) in [5.74, 6) is 1.14. The molecule has 1 aliphatic rings. The zero-order valence-electron chi connectivity index (χ0n) is 8.71. The molecule has 3 rings (SSSR count). The van der Waals surface area contributed by atoms with Crippen molar-refractivity contribution >= 4 is 17.1 Å². The number of nitrogens with zero attached hydrogens (tertiary/aromatic N) is 1. The lowest BCUT2D eigenvalue weighted by molar-refractivity contribution is -0.384. The van der Waals surface area contributed by atoms with E-state index in [2.05, 4.69) is 5.32 Å². The topological polar surface area (TPSA) is 64.4 Å². The van der Waals surface area contributed by atoms with Crippen LogP contribution in [-0.2, 0) is 0 Å². The smallest absolute Gasteiger partial charge is 0.273 e. The van der Waals surface area contributed by atoms with Gasteiger partial charge in [0.15, 0.2) is 11.5 Å². The molecule has 2 aromatic carbocycles. The van der Waals surface area contributed by atoms with Gasteiger partial charge in [-0.15, -0.1) is 0 Å². The van der Waals surface area contributed by atoms with Gasteiger partial charge in [-0.05, 0) is 18.2 Å². The van der Waals surface area contributed by atoms with Crippen LogP contribution in [0.5, 0.6) is 11.5 Å². The van der Waals surface area contributed by atoms with E-state index in [1.807, 2.05) is 24.3 Å². The van der Waals surface area contributed by atoms with Gasteiger partial charge in [0.25, 0.3) is 5.69 Å². The number of hydrogen-bond donors (Lipinski definition) is 1. The van der Waals surface area contributed by atoms with E-state index in [1.54, 1.807) is 6.07 Å². The van der Waals surface area contributed by atoms with Gasteiger partial charge in [0.1, 0.15) is 0 Å². The number of benzene rings is 2. The zero-order chi connectivity index (χ0) is 11.8. The molecule has 1 aliphatic heterocycles. The third-order valence-corrected chi connectivity index (χ3v) is 2.55. The minimum Gasteiger partial charge on any atom is -0.453 e. The van der Waals surface area contributed by atoms with Crippen LogP contribution in [0, 0.1) is 10.1 Å². The van der Waals surface area contributed by atoms with E-state index in [4.69, 9.17) is 4.74 Å². The van der Waals surface area contributed by atoms with Crippen molar-refractivity contribution in [2.24, 2.45) is 0 Å². The molecule has 84 valence electrons. The first-order chi connectivity index (χ1) is 8.24. The maximum atomic E-state index is 10.7. The SMILES string of the molecule is O=[N+]([O-])c1ccc2c(c1)Oc1ccccc1N2. The van der Waals surface area contributed by atoms with Crippen LogP contribution >= 0.6 is 0 Å². The zero-order valence-corrected chi connectivity index (χ0v) is 8.71. The maximum Gasteiger partial charge on any atom is 0.273 e. The van der Waals surface area contributed by atoms with Crippen molar-refractivity contribution < 1.29 is 9.66 Å². The highest BCUT2D eigenvalue weighted by atomic mass is 16.6. The highest BCUT2D eigenvalue weighted by molar-refractivity contribution is 5.76. The summed E-state index contributed by atoms with van der Waals surface area (Å²) in [5, 5.41) is 13.8. The minimum absolute atomic E-state index is 0.0185. The summed E-state index contributed by atoms with van der Waals surface area (Å²) in [6.45, 7) is 0. The number of hydrogen-bond acceptors (Lipinski definition) is 4. The van der Waals surface area contributed by atoms with E-state index in [-0.39, 0.29) is 5.69 Å². The quantitative estimate of drug-likeness (QED) is 0.511. The van der Waals surface area contributed by atoms with E-state index in [9.17, 15) is 10.1 Å². The first kappa shape index (κ1) is 9.65. The third kappa shape index (κ3) is 1.57. The van der Waals surface area contributed by atoms with Crippen LogP contribution in [0.1, 0.15) is 0 Å². The van der Waals surface area contributed by atoms with Crippen molar-refractivity contribution in [3.05, 3.63) is 52.6 Å². The second kappa shape index (κ2) is 3.48. The molecule has 0 atom stereocenters. The molecule has 1 heterocycles. The van der Waals surface area contributed by atoms with Crippen molar-refractivity contribution in [3.8, 4) is 11.5 Å². The molecule has 0 amide bonds. The number of nitro benzene ring substituents is 1. The molecule has 5 heteroatoms. The molecule has 0 saturated heterocycles. The highest BCUT2D eigenvalue weighted by Gasteiger charge is 2.18. The van der Waals surface area contributed by atoms with Crippen molar-refractivity contribution in [2.45, 2.75) is 0 Å². The van der Waals surface area contributed by atoms with Gasteiger partial charge in [-0.1, -0.05) is 12.1 Å². The lowest BCUT2D eigenvalue weighted by atomic mass is 10.2. The minimum atomic E-state index is -0.440. The highest BCUT2D eigenvalue weighted by Crippen LogP contribution is 2.42. The first-order valence-electron chi connectivity index (χ1n) is 5.06. The summed E-state index contributed by atoms with van der Waals surface area (Å²) >= 11 is 0. The number of rotatable bonds is 1. The second-order valence-electron chi connectivity index (χ2n) is 3.66. The lowest BCUT2D eigenvalue weighted by Gasteiger charge is -2.21. The number of anilines is 2. The molecule has 0 saturated carbocycles. The Morgan fingerprint density at radius 3 is 2.65 bits per heavy atom. The van der Waals surface area contributed by atoms with Crippen molar-refractivity contribution in [1.29, 1.82) is 0 Å². The fraction of sp³-hybridized carbons (Fsp3) is 0. The molecule has 0 unspecified atom stereocenters. The molecule has 0 aromatic heterocycles. The Labute approximate surface area is 96.8 Å². The van der Waals surface area contributed by atoms with Crippen LogP contribution in [0.25, 0.3) is 0 Å². The van der Waals surface area contributed by atoms with Gasteiger partial charge in [-0.2, -0.15) is 0 Å². The average molecular weight is 228 g/mol. The van der Waals surface area contributed by atoms with Crippen LogP contribution in [0.15, 0.2) is 42.5 Å².